The lowest BCUT2D eigenvalue weighted by Crippen LogP contribution is -2.18. The number of nitrogens with zero attached hydrogens (tertiary/aromatic N) is 1. The highest BCUT2D eigenvalue weighted by molar-refractivity contribution is 5.68. The molecule has 0 heterocycles. The lowest BCUT2D eigenvalue weighted by molar-refractivity contribution is -0.178. The molecule has 0 spiro atoms. The molecule has 166 valence electrons. The van der Waals surface area contributed by atoms with Crippen LogP contribution in [0.25, 0.3) is 0 Å². The van der Waals surface area contributed by atoms with E-state index in [1.54, 1.807) is 14.1 Å². The molecule has 0 bridgehead atoms. The molecule has 0 amide bonds. The van der Waals surface area contributed by atoms with E-state index < -0.39 is 0 Å². The van der Waals surface area contributed by atoms with Crippen LogP contribution in [0.4, 0.5) is 0 Å². The summed E-state index contributed by atoms with van der Waals surface area (Å²) < 4.78 is 0. The Morgan fingerprint density at radius 3 is 1.46 bits per heavy atom. The second-order valence-corrected chi connectivity index (χ2v) is 8.38. The summed E-state index contributed by atoms with van der Waals surface area (Å²) in [5, 5.41) is 1.46. The quantitative estimate of drug-likeness (QED) is 0.112. The third-order valence-electron chi connectivity index (χ3n) is 5.18. The molecule has 28 heavy (non-hydrogen) atoms. The molecule has 0 fully saturated rings. The minimum absolute atomic E-state index is 0.122. The highest BCUT2D eigenvalue weighted by atomic mass is 16.7. The molecule has 3 nitrogen and oxygen atoms in total. The van der Waals surface area contributed by atoms with Gasteiger partial charge >= 0.3 is 5.97 Å². The number of unbranched alkanes of at least 4 members (excludes halogenated alkanes) is 16. The van der Waals surface area contributed by atoms with Crippen LogP contribution in [0.15, 0.2) is 12.2 Å². The van der Waals surface area contributed by atoms with Crippen molar-refractivity contribution in [1.82, 2.24) is 5.06 Å². The van der Waals surface area contributed by atoms with Crippen LogP contribution >= 0.6 is 0 Å². The fourth-order valence-corrected chi connectivity index (χ4v) is 3.47. The SMILES string of the molecule is CCCCCCCCCCCCCCCC=CCCCCCC(=O)ON(C)C. The van der Waals surface area contributed by atoms with Gasteiger partial charge in [0.1, 0.15) is 0 Å². The van der Waals surface area contributed by atoms with Crippen molar-refractivity contribution in [3.05, 3.63) is 12.2 Å². The number of carbonyl (C=O) groups is 1. The summed E-state index contributed by atoms with van der Waals surface area (Å²) in [6, 6.07) is 0. The van der Waals surface area contributed by atoms with Crippen LogP contribution in [0.5, 0.6) is 0 Å². The van der Waals surface area contributed by atoms with E-state index in [-0.39, 0.29) is 5.97 Å². The van der Waals surface area contributed by atoms with Gasteiger partial charge in [-0.15, -0.1) is 5.06 Å². The van der Waals surface area contributed by atoms with Crippen LogP contribution in [0.2, 0.25) is 0 Å². The smallest absolute Gasteiger partial charge is 0.325 e. The first-order valence-corrected chi connectivity index (χ1v) is 12.2. The van der Waals surface area contributed by atoms with Gasteiger partial charge in [0.25, 0.3) is 0 Å². The minimum Gasteiger partial charge on any atom is -0.369 e. The Hall–Kier alpha value is -0.830. The normalized spacial score (nSPS) is 11.6. The molecule has 0 aliphatic carbocycles. The van der Waals surface area contributed by atoms with E-state index in [4.69, 9.17) is 4.84 Å². The molecule has 0 atom stereocenters. The summed E-state index contributed by atoms with van der Waals surface area (Å²) >= 11 is 0. The van der Waals surface area contributed by atoms with Crippen LogP contribution < -0.4 is 0 Å². The van der Waals surface area contributed by atoms with Crippen molar-refractivity contribution in [3.8, 4) is 0 Å². The zero-order chi connectivity index (χ0) is 20.7. The number of rotatable bonds is 21. The fraction of sp³-hybridized carbons (Fsp3) is 0.880. The number of hydroxylamine groups is 2. The van der Waals surface area contributed by atoms with E-state index in [0.717, 1.165) is 19.3 Å². The second-order valence-electron chi connectivity index (χ2n) is 8.38. The first-order valence-electron chi connectivity index (χ1n) is 12.2. The van der Waals surface area contributed by atoms with Crippen molar-refractivity contribution in [2.45, 2.75) is 129 Å². The van der Waals surface area contributed by atoms with Gasteiger partial charge < -0.3 is 4.84 Å². The molecule has 0 aliphatic heterocycles. The maximum absolute atomic E-state index is 11.4. The molecular formula is C25H49NO2. The summed E-state index contributed by atoms with van der Waals surface area (Å²) in [6.45, 7) is 2.29. The van der Waals surface area contributed by atoms with Crippen molar-refractivity contribution in [2.24, 2.45) is 0 Å². The average Bonchev–Trinajstić information content (AvgIpc) is 2.66. The maximum Gasteiger partial charge on any atom is 0.325 e. The Balaban J connectivity index is 3.15. The number of carbonyl (C=O) groups excluding carboxylic acids is 1. The first kappa shape index (κ1) is 27.2. The molecule has 0 saturated heterocycles. The molecule has 0 radical (unpaired) electrons. The van der Waals surface area contributed by atoms with E-state index in [1.165, 1.54) is 101 Å². The molecule has 0 aromatic rings. The highest BCUT2D eigenvalue weighted by Crippen LogP contribution is 2.13. The van der Waals surface area contributed by atoms with Crippen molar-refractivity contribution in [2.75, 3.05) is 14.1 Å². The number of hydrogen-bond donors (Lipinski definition) is 0. The summed E-state index contributed by atoms with van der Waals surface area (Å²) in [7, 11) is 3.47. The van der Waals surface area contributed by atoms with Gasteiger partial charge in [0.2, 0.25) is 0 Å². The summed E-state index contributed by atoms with van der Waals surface area (Å²) in [4.78, 5) is 16.3. The van der Waals surface area contributed by atoms with Crippen molar-refractivity contribution >= 4 is 5.97 Å². The summed E-state index contributed by atoms with van der Waals surface area (Å²) in [6.07, 6.45) is 29.2. The molecule has 0 rings (SSSR count). The number of allylic oxidation sites excluding steroid dienone is 2. The van der Waals surface area contributed by atoms with Gasteiger partial charge in [-0.25, -0.2) is 0 Å². The Labute approximate surface area is 176 Å². The second kappa shape index (κ2) is 22.5. The third-order valence-corrected chi connectivity index (χ3v) is 5.18. The lowest BCUT2D eigenvalue weighted by Gasteiger charge is -2.09. The topological polar surface area (TPSA) is 29.5 Å². The van der Waals surface area contributed by atoms with Crippen molar-refractivity contribution in [3.63, 3.8) is 0 Å². The minimum atomic E-state index is -0.122. The van der Waals surface area contributed by atoms with Crippen LogP contribution in [-0.4, -0.2) is 25.1 Å². The van der Waals surface area contributed by atoms with E-state index in [2.05, 4.69) is 19.1 Å². The van der Waals surface area contributed by atoms with Gasteiger partial charge in [0, 0.05) is 20.5 Å². The van der Waals surface area contributed by atoms with Gasteiger partial charge in [0.15, 0.2) is 0 Å². The highest BCUT2D eigenvalue weighted by Gasteiger charge is 2.03. The van der Waals surface area contributed by atoms with E-state index >= 15 is 0 Å². The van der Waals surface area contributed by atoms with Gasteiger partial charge in [-0.05, 0) is 32.1 Å². The molecule has 0 aromatic carbocycles. The molecule has 0 aliphatic rings. The van der Waals surface area contributed by atoms with Gasteiger partial charge in [-0.2, -0.15) is 0 Å². The van der Waals surface area contributed by atoms with Gasteiger partial charge in [0.05, 0.1) is 0 Å². The standard InChI is InChI=1S/C25H49NO2/c1-4-5-6-7-8-9-10-11-12-13-14-15-16-17-18-19-20-21-22-23-24-25(27)28-26(2)3/h18-19H,4-17,20-24H2,1-3H3. The average molecular weight is 396 g/mol. The van der Waals surface area contributed by atoms with Crippen LogP contribution in [0.3, 0.4) is 0 Å². The Morgan fingerprint density at radius 1 is 0.643 bits per heavy atom. The largest absolute Gasteiger partial charge is 0.369 e. The van der Waals surface area contributed by atoms with E-state index in [0.29, 0.717) is 6.42 Å². The van der Waals surface area contributed by atoms with Gasteiger partial charge in [-0.1, -0.05) is 103 Å². The maximum atomic E-state index is 11.4. The predicted octanol–water partition coefficient (Wildman–Crippen LogP) is 7.99. The molecule has 0 aromatic heterocycles. The molecule has 0 unspecified atom stereocenters. The summed E-state index contributed by atoms with van der Waals surface area (Å²) in [5.41, 5.74) is 0. The van der Waals surface area contributed by atoms with E-state index in [9.17, 15) is 4.79 Å². The molecule has 3 heteroatoms. The lowest BCUT2D eigenvalue weighted by atomic mass is 10.0. The van der Waals surface area contributed by atoms with Gasteiger partial charge in [-0.3, -0.25) is 4.79 Å². The van der Waals surface area contributed by atoms with E-state index in [1.807, 2.05) is 0 Å². The predicted molar refractivity (Wildman–Crippen MR) is 122 cm³/mol. The van der Waals surface area contributed by atoms with Crippen LogP contribution in [0.1, 0.15) is 129 Å². The molecule has 0 N–H and O–H groups in total. The Bertz CT molecular complexity index is 352. The number of hydrogen-bond acceptors (Lipinski definition) is 3. The van der Waals surface area contributed by atoms with Crippen LogP contribution in [0, 0.1) is 0 Å². The zero-order valence-electron chi connectivity index (χ0n) is 19.4. The summed E-state index contributed by atoms with van der Waals surface area (Å²) in [5.74, 6) is -0.122. The Kier molecular flexibility index (Phi) is 21.8. The first-order chi connectivity index (χ1) is 13.7. The molecular weight excluding hydrogens is 346 g/mol. The third kappa shape index (κ3) is 23.2. The monoisotopic (exact) mass is 395 g/mol. The molecule has 0 saturated carbocycles. The van der Waals surface area contributed by atoms with Crippen LogP contribution in [-0.2, 0) is 9.63 Å². The fourth-order valence-electron chi connectivity index (χ4n) is 3.47. The van der Waals surface area contributed by atoms with Crippen molar-refractivity contribution in [1.29, 1.82) is 0 Å². The van der Waals surface area contributed by atoms with Crippen molar-refractivity contribution < 1.29 is 9.63 Å². The zero-order valence-corrected chi connectivity index (χ0v) is 19.4. The Morgan fingerprint density at radius 2 is 1.04 bits per heavy atom.